The third-order valence-electron chi connectivity index (χ3n) is 2.04. The topological polar surface area (TPSA) is 53.1 Å². The number of benzene rings is 1. The zero-order valence-electron chi connectivity index (χ0n) is 7.70. The fraction of sp³-hybridized carbons (Fsp3) is 0. The van der Waals surface area contributed by atoms with Gasteiger partial charge >= 0.3 is 0 Å². The number of aromatic nitrogens is 1. The second-order valence-electron chi connectivity index (χ2n) is 3.11. The van der Waals surface area contributed by atoms with E-state index in [9.17, 15) is 14.3 Å². The third kappa shape index (κ3) is 1.88. The first-order valence-electron chi connectivity index (χ1n) is 4.34. The van der Waals surface area contributed by atoms with Gasteiger partial charge in [-0.15, -0.1) is 0 Å². The molecule has 15 heavy (non-hydrogen) atoms. The van der Waals surface area contributed by atoms with Gasteiger partial charge in [-0.3, -0.25) is 4.79 Å². The summed E-state index contributed by atoms with van der Waals surface area (Å²) < 4.78 is 12.9. The van der Waals surface area contributed by atoms with Crippen molar-refractivity contribution in [1.82, 2.24) is 4.98 Å². The lowest BCUT2D eigenvalue weighted by atomic mass is 10.1. The standard InChI is InChI=1S/C11H8FNO2/c12-9-3-1-2-7(4-9)8-5-10(14)11(15)13-6-8/h1-6,14H,(H,13,15). The van der Waals surface area contributed by atoms with Gasteiger partial charge < -0.3 is 10.1 Å². The van der Waals surface area contributed by atoms with Crippen LogP contribution < -0.4 is 5.56 Å². The van der Waals surface area contributed by atoms with E-state index < -0.39 is 5.56 Å². The highest BCUT2D eigenvalue weighted by molar-refractivity contribution is 5.63. The minimum atomic E-state index is -0.560. The molecule has 1 aromatic heterocycles. The minimum Gasteiger partial charge on any atom is -0.503 e. The van der Waals surface area contributed by atoms with Crippen LogP contribution in [0.3, 0.4) is 0 Å². The summed E-state index contributed by atoms with van der Waals surface area (Å²) in [5.74, 6) is -0.741. The van der Waals surface area contributed by atoms with Gasteiger partial charge in [-0.25, -0.2) is 4.39 Å². The van der Waals surface area contributed by atoms with Gasteiger partial charge in [0.1, 0.15) is 5.82 Å². The Bertz CT molecular complexity index is 548. The van der Waals surface area contributed by atoms with E-state index in [1.54, 1.807) is 12.1 Å². The molecule has 0 spiro atoms. The first-order valence-corrected chi connectivity index (χ1v) is 4.34. The molecule has 0 radical (unpaired) electrons. The van der Waals surface area contributed by atoms with Crippen LogP contribution in [0.2, 0.25) is 0 Å². The Labute approximate surface area is 84.8 Å². The molecule has 0 bridgehead atoms. The highest BCUT2D eigenvalue weighted by atomic mass is 19.1. The van der Waals surface area contributed by atoms with E-state index in [0.29, 0.717) is 11.1 Å². The quantitative estimate of drug-likeness (QED) is 0.746. The molecule has 0 aliphatic carbocycles. The van der Waals surface area contributed by atoms with Crippen LogP contribution in [0.5, 0.6) is 5.75 Å². The van der Waals surface area contributed by atoms with Crippen LogP contribution >= 0.6 is 0 Å². The van der Waals surface area contributed by atoms with E-state index in [0.717, 1.165) is 0 Å². The summed E-state index contributed by atoms with van der Waals surface area (Å²) in [5, 5.41) is 9.19. The van der Waals surface area contributed by atoms with Gasteiger partial charge in [0.25, 0.3) is 5.56 Å². The van der Waals surface area contributed by atoms with Crippen molar-refractivity contribution in [2.45, 2.75) is 0 Å². The Kier molecular flexibility index (Phi) is 2.25. The monoisotopic (exact) mass is 205 g/mol. The average molecular weight is 205 g/mol. The van der Waals surface area contributed by atoms with E-state index in [-0.39, 0.29) is 11.6 Å². The van der Waals surface area contributed by atoms with Crippen molar-refractivity contribution >= 4 is 0 Å². The number of rotatable bonds is 1. The summed E-state index contributed by atoms with van der Waals surface area (Å²) in [6.45, 7) is 0. The fourth-order valence-electron chi connectivity index (χ4n) is 1.31. The van der Waals surface area contributed by atoms with Crippen LogP contribution in [0.15, 0.2) is 41.3 Å². The third-order valence-corrected chi connectivity index (χ3v) is 2.04. The van der Waals surface area contributed by atoms with E-state index in [1.165, 1.54) is 24.4 Å². The first-order chi connectivity index (χ1) is 7.16. The lowest BCUT2D eigenvalue weighted by Crippen LogP contribution is -2.03. The zero-order chi connectivity index (χ0) is 10.8. The van der Waals surface area contributed by atoms with Crippen molar-refractivity contribution in [1.29, 1.82) is 0 Å². The van der Waals surface area contributed by atoms with E-state index in [1.807, 2.05) is 0 Å². The molecular formula is C11H8FNO2. The lowest BCUT2D eigenvalue weighted by Gasteiger charge is -2.01. The Balaban J connectivity index is 2.55. The van der Waals surface area contributed by atoms with Gasteiger partial charge in [0.05, 0.1) is 0 Å². The molecule has 1 heterocycles. The molecule has 0 atom stereocenters. The van der Waals surface area contributed by atoms with Crippen molar-refractivity contribution in [3.8, 4) is 16.9 Å². The van der Waals surface area contributed by atoms with Crippen molar-refractivity contribution < 1.29 is 9.50 Å². The smallest absolute Gasteiger partial charge is 0.290 e. The molecular weight excluding hydrogens is 197 g/mol. The normalized spacial score (nSPS) is 10.2. The number of hydrogen-bond acceptors (Lipinski definition) is 2. The van der Waals surface area contributed by atoms with Gasteiger partial charge in [0.15, 0.2) is 5.75 Å². The zero-order valence-corrected chi connectivity index (χ0v) is 7.70. The number of pyridine rings is 1. The predicted octanol–water partition coefficient (Wildman–Crippen LogP) is 1.89. The average Bonchev–Trinajstić information content (AvgIpc) is 2.22. The molecule has 0 amide bonds. The first kappa shape index (κ1) is 9.45. The summed E-state index contributed by atoms with van der Waals surface area (Å²) >= 11 is 0. The van der Waals surface area contributed by atoms with Gasteiger partial charge in [0.2, 0.25) is 0 Å². The number of H-pyrrole nitrogens is 1. The van der Waals surface area contributed by atoms with Crippen molar-refractivity contribution in [2.75, 3.05) is 0 Å². The maximum atomic E-state index is 12.9. The van der Waals surface area contributed by atoms with Crippen LogP contribution in [0.1, 0.15) is 0 Å². The van der Waals surface area contributed by atoms with Gasteiger partial charge in [0, 0.05) is 11.8 Å². The maximum Gasteiger partial charge on any atom is 0.290 e. The van der Waals surface area contributed by atoms with Crippen molar-refractivity contribution in [2.24, 2.45) is 0 Å². The number of hydrogen-bond donors (Lipinski definition) is 2. The summed E-state index contributed by atoms with van der Waals surface area (Å²) in [5.41, 5.74) is 0.600. The number of halogens is 1. The van der Waals surface area contributed by atoms with Crippen molar-refractivity contribution in [3.05, 3.63) is 52.7 Å². The molecule has 0 saturated heterocycles. The minimum absolute atomic E-state index is 0.363. The molecule has 0 aliphatic heterocycles. The van der Waals surface area contributed by atoms with Gasteiger partial charge in [-0.2, -0.15) is 0 Å². The van der Waals surface area contributed by atoms with Crippen LogP contribution in [0.25, 0.3) is 11.1 Å². The largest absolute Gasteiger partial charge is 0.503 e. The number of aromatic hydroxyl groups is 1. The fourth-order valence-corrected chi connectivity index (χ4v) is 1.31. The SMILES string of the molecule is O=c1[nH]cc(-c2cccc(F)c2)cc1O. The molecule has 2 rings (SSSR count). The number of aromatic amines is 1. The molecule has 1 aromatic carbocycles. The number of nitrogens with one attached hydrogen (secondary N) is 1. The van der Waals surface area contributed by atoms with Crippen LogP contribution in [0, 0.1) is 5.82 Å². The molecule has 0 unspecified atom stereocenters. The Morgan fingerprint density at radius 2 is 2.00 bits per heavy atom. The van der Waals surface area contributed by atoms with Crippen molar-refractivity contribution in [3.63, 3.8) is 0 Å². The van der Waals surface area contributed by atoms with Crippen LogP contribution in [0.4, 0.5) is 4.39 Å². The second-order valence-corrected chi connectivity index (χ2v) is 3.11. The second kappa shape index (κ2) is 3.57. The molecule has 0 aliphatic rings. The van der Waals surface area contributed by atoms with Gasteiger partial charge in [-0.1, -0.05) is 12.1 Å². The molecule has 4 heteroatoms. The van der Waals surface area contributed by atoms with E-state index in [2.05, 4.69) is 4.98 Å². The Morgan fingerprint density at radius 1 is 1.20 bits per heavy atom. The Morgan fingerprint density at radius 3 is 2.67 bits per heavy atom. The van der Waals surface area contributed by atoms with Crippen LogP contribution in [-0.4, -0.2) is 10.1 Å². The highest BCUT2D eigenvalue weighted by Gasteiger charge is 2.02. The summed E-state index contributed by atoms with van der Waals surface area (Å²) in [7, 11) is 0. The van der Waals surface area contributed by atoms with E-state index >= 15 is 0 Å². The summed E-state index contributed by atoms with van der Waals surface area (Å²) in [4.78, 5) is 13.2. The predicted molar refractivity (Wildman–Crippen MR) is 54.1 cm³/mol. The summed E-state index contributed by atoms with van der Waals surface area (Å²) in [6.07, 6.45) is 1.43. The Hall–Kier alpha value is -2.10. The molecule has 0 saturated carbocycles. The molecule has 0 fully saturated rings. The van der Waals surface area contributed by atoms with Crippen LogP contribution in [-0.2, 0) is 0 Å². The summed E-state index contributed by atoms with van der Waals surface area (Å²) in [6, 6.07) is 7.21. The maximum absolute atomic E-state index is 12.9. The molecule has 2 N–H and O–H groups in total. The molecule has 2 aromatic rings. The van der Waals surface area contributed by atoms with Gasteiger partial charge in [-0.05, 0) is 23.8 Å². The molecule has 76 valence electrons. The highest BCUT2D eigenvalue weighted by Crippen LogP contribution is 2.20. The molecule has 3 nitrogen and oxygen atoms in total. The lowest BCUT2D eigenvalue weighted by molar-refractivity contribution is 0.467. The van der Waals surface area contributed by atoms with E-state index in [4.69, 9.17) is 0 Å².